The molecule has 0 aliphatic carbocycles. The lowest BCUT2D eigenvalue weighted by Crippen LogP contribution is -2.36. The van der Waals surface area contributed by atoms with E-state index in [1.54, 1.807) is 0 Å². The lowest BCUT2D eigenvalue weighted by atomic mass is 9.80. The summed E-state index contributed by atoms with van der Waals surface area (Å²) in [6, 6.07) is 8.62. The molecular weight excluding hydrogens is 378 g/mol. The van der Waals surface area contributed by atoms with E-state index in [1.807, 2.05) is 0 Å². The van der Waals surface area contributed by atoms with Gasteiger partial charge in [-0.15, -0.1) is 0 Å². The molecule has 0 aromatic heterocycles. The summed E-state index contributed by atoms with van der Waals surface area (Å²) in [6.45, 7) is 6.76. The van der Waals surface area contributed by atoms with Crippen LogP contribution in [0.5, 0.6) is 0 Å². The van der Waals surface area contributed by atoms with Gasteiger partial charge in [-0.3, -0.25) is 0 Å². The molecule has 0 saturated carbocycles. The highest BCUT2D eigenvalue weighted by atomic mass is 79.9. The molecule has 0 unspecified atom stereocenters. The Morgan fingerprint density at radius 1 is 1.15 bits per heavy atom. The summed E-state index contributed by atoms with van der Waals surface area (Å²) in [5.41, 5.74) is 1.79. The van der Waals surface area contributed by atoms with Crippen molar-refractivity contribution in [2.75, 3.05) is 18.9 Å². The fourth-order valence-electron chi connectivity index (χ4n) is 3.10. The molecule has 20 heavy (non-hydrogen) atoms. The molecule has 0 aliphatic rings. The first-order valence-electron chi connectivity index (χ1n) is 7.54. The van der Waals surface area contributed by atoms with E-state index in [2.05, 4.69) is 81.9 Å². The lowest BCUT2D eigenvalue weighted by molar-refractivity contribution is 0.166. The van der Waals surface area contributed by atoms with Gasteiger partial charge < -0.3 is 4.90 Å². The minimum Gasteiger partial charge on any atom is -0.302 e. The van der Waals surface area contributed by atoms with Crippen LogP contribution in [0, 0.1) is 5.41 Å². The van der Waals surface area contributed by atoms with Gasteiger partial charge in [-0.25, -0.2) is 0 Å². The number of alkyl halides is 1. The maximum atomic E-state index is 3.77. The Bertz CT molecular complexity index is 386. The average molecular weight is 405 g/mol. The molecule has 0 N–H and O–H groups in total. The minimum atomic E-state index is 0.421. The molecule has 0 bridgehead atoms. The predicted molar refractivity (Wildman–Crippen MR) is 96.5 cm³/mol. The number of rotatable bonds is 9. The van der Waals surface area contributed by atoms with Gasteiger partial charge in [0.15, 0.2) is 0 Å². The maximum absolute atomic E-state index is 3.77. The van der Waals surface area contributed by atoms with Crippen molar-refractivity contribution in [2.45, 2.75) is 46.1 Å². The second kappa shape index (κ2) is 9.22. The van der Waals surface area contributed by atoms with Crippen molar-refractivity contribution in [3.05, 3.63) is 34.3 Å². The fourth-order valence-corrected chi connectivity index (χ4v) is 4.28. The Morgan fingerprint density at radius 3 is 2.30 bits per heavy atom. The Morgan fingerprint density at radius 2 is 1.80 bits per heavy atom. The van der Waals surface area contributed by atoms with E-state index in [0.29, 0.717) is 5.41 Å². The first-order valence-corrected chi connectivity index (χ1v) is 9.45. The largest absolute Gasteiger partial charge is 0.302 e. The third-order valence-electron chi connectivity index (χ3n) is 3.79. The van der Waals surface area contributed by atoms with Gasteiger partial charge in [0.05, 0.1) is 0 Å². The van der Waals surface area contributed by atoms with Crippen molar-refractivity contribution in [1.29, 1.82) is 0 Å². The van der Waals surface area contributed by atoms with E-state index >= 15 is 0 Å². The number of halogens is 2. The summed E-state index contributed by atoms with van der Waals surface area (Å²) in [5.74, 6) is 0. The molecule has 1 rings (SSSR count). The first kappa shape index (κ1) is 18.2. The molecule has 0 radical (unpaired) electrons. The predicted octanol–water partition coefficient (Wildman–Crippen LogP) is 5.86. The van der Waals surface area contributed by atoms with Crippen molar-refractivity contribution in [2.24, 2.45) is 5.41 Å². The molecule has 1 nitrogen and oxygen atoms in total. The molecule has 114 valence electrons. The van der Waals surface area contributed by atoms with E-state index in [4.69, 9.17) is 0 Å². The molecular formula is C17H27Br2N. The highest BCUT2D eigenvalue weighted by Gasteiger charge is 2.28. The summed E-state index contributed by atoms with van der Waals surface area (Å²) >= 11 is 7.32. The summed E-state index contributed by atoms with van der Waals surface area (Å²) in [5, 5.41) is 1.10. The number of hydrogen-bond donors (Lipinski definition) is 0. The summed E-state index contributed by atoms with van der Waals surface area (Å²) in [7, 11) is 2.24. The van der Waals surface area contributed by atoms with E-state index in [-0.39, 0.29) is 0 Å². The van der Waals surface area contributed by atoms with Crippen molar-refractivity contribution >= 4 is 31.9 Å². The summed E-state index contributed by atoms with van der Waals surface area (Å²) < 4.78 is 1.16. The highest BCUT2D eigenvalue weighted by Crippen LogP contribution is 2.33. The molecule has 0 spiro atoms. The zero-order valence-electron chi connectivity index (χ0n) is 13.0. The van der Waals surface area contributed by atoms with Crippen LogP contribution in [0.4, 0.5) is 0 Å². The van der Waals surface area contributed by atoms with Crippen LogP contribution >= 0.6 is 31.9 Å². The van der Waals surface area contributed by atoms with E-state index in [9.17, 15) is 0 Å². The van der Waals surface area contributed by atoms with Crippen LogP contribution in [-0.2, 0) is 6.54 Å². The first-order chi connectivity index (χ1) is 9.55. The second-order valence-electron chi connectivity index (χ2n) is 5.94. The van der Waals surface area contributed by atoms with E-state index in [1.165, 1.54) is 31.2 Å². The summed E-state index contributed by atoms with van der Waals surface area (Å²) in [4.78, 5) is 2.47. The quantitative estimate of drug-likeness (QED) is 0.465. The van der Waals surface area contributed by atoms with Gasteiger partial charge in [0.2, 0.25) is 0 Å². The number of benzene rings is 1. The van der Waals surface area contributed by atoms with Crippen LogP contribution in [0.3, 0.4) is 0 Å². The smallest absolute Gasteiger partial charge is 0.0231 e. The third-order valence-corrected chi connectivity index (χ3v) is 5.47. The van der Waals surface area contributed by atoms with Crippen LogP contribution in [0.25, 0.3) is 0 Å². The zero-order chi connectivity index (χ0) is 15.0. The molecule has 0 fully saturated rings. The van der Waals surface area contributed by atoms with Crippen LogP contribution in [0.15, 0.2) is 28.7 Å². The Hall–Kier alpha value is 0.140. The molecule has 0 atom stereocenters. The standard InChI is InChI=1S/C17H27Br2N/c1-4-9-17(13-18,10-5-2)14-20(3)12-15-7-6-8-16(19)11-15/h6-8,11H,4-5,9-10,12-14H2,1-3H3. The van der Waals surface area contributed by atoms with Crippen molar-refractivity contribution in [3.63, 3.8) is 0 Å². The van der Waals surface area contributed by atoms with Crippen LogP contribution < -0.4 is 0 Å². The minimum absolute atomic E-state index is 0.421. The summed E-state index contributed by atoms with van der Waals surface area (Å²) in [6.07, 6.45) is 5.12. The van der Waals surface area contributed by atoms with Crippen LogP contribution in [-0.4, -0.2) is 23.8 Å². The lowest BCUT2D eigenvalue weighted by Gasteiger charge is -2.36. The van der Waals surface area contributed by atoms with E-state index < -0.39 is 0 Å². The average Bonchev–Trinajstić information content (AvgIpc) is 2.39. The van der Waals surface area contributed by atoms with Crippen LogP contribution in [0.1, 0.15) is 45.1 Å². The maximum Gasteiger partial charge on any atom is 0.0231 e. The van der Waals surface area contributed by atoms with E-state index in [0.717, 1.165) is 22.9 Å². The molecule has 0 saturated heterocycles. The Balaban J connectivity index is 2.67. The monoisotopic (exact) mass is 403 g/mol. The van der Waals surface area contributed by atoms with Crippen molar-refractivity contribution in [1.82, 2.24) is 4.90 Å². The van der Waals surface area contributed by atoms with Gasteiger partial charge >= 0.3 is 0 Å². The van der Waals surface area contributed by atoms with Gasteiger partial charge in [-0.2, -0.15) is 0 Å². The molecule has 1 aromatic rings. The van der Waals surface area contributed by atoms with Gasteiger partial charge in [0.25, 0.3) is 0 Å². The van der Waals surface area contributed by atoms with Crippen molar-refractivity contribution in [3.8, 4) is 0 Å². The molecule has 1 aromatic carbocycles. The van der Waals surface area contributed by atoms with Gasteiger partial charge in [-0.05, 0) is 43.0 Å². The normalized spacial score (nSPS) is 12.1. The number of hydrogen-bond acceptors (Lipinski definition) is 1. The molecule has 0 amide bonds. The highest BCUT2D eigenvalue weighted by molar-refractivity contribution is 9.10. The zero-order valence-corrected chi connectivity index (χ0v) is 16.1. The van der Waals surface area contributed by atoms with Gasteiger partial charge in [0.1, 0.15) is 0 Å². The Labute approximate surface area is 141 Å². The second-order valence-corrected chi connectivity index (χ2v) is 7.41. The van der Waals surface area contributed by atoms with Crippen molar-refractivity contribution < 1.29 is 0 Å². The number of nitrogens with zero attached hydrogens (tertiary/aromatic N) is 1. The molecule has 0 aliphatic heterocycles. The van der Waals surface area contributed by atoms with Gasteiger partial charge in [-0.1, -0.05) is 70.7 Å². The third kappa shape index (κ3) is 5.87. The fraction of sp³-hybridized carbons (Fsp3) is 0.647. The topological polar surface area (TPSA) is 3.24 Å². The van der Waals surface area contributed by atoms with Gasteiger partial charge in [0, 0.05) is 22.9 Å². The SMILES string of the molecule is CCCC(CBr)(CCC)CN(C)Cc1cccc(Br)c1. The molecule has 3 heteroatoms. The Kier molecular flexibility index (Phi) is 8.38. The molecule has 0 heterocycles. The van der Waals surface area contributed by atoms with Crippen LogP contribution in [0.2, 0.25) is 0 Å².